The summed E-state index contributed by atoms with van der Waals surface area (Å²) in [6.45, 7) is 0.532. The van der Waals surface area contributed by atoms with Crippen molar-refractivity contribution in [3.63, 3.8) is 0 Å². The lowest BCUT2D eigenvalue weighted by Crippen LogP contribution is -1.99. The van der Waals surface area contributed by atoms with Gasteiger partial charge in [-0.2, -0.15) is 0 Å². The van der Waals surface area contributed by atoms with Gasteiger partial charge in [0.1, 0.15) is 6.33 Å². The Labute approximate surface area is 92.5 Å². The molecule has 1 aromatic carbocycles. The van der Waals surface area contributed by atoms with Gasteiger partial charge in [0.15, 0.2) is 0 Å². The molecular weight excluding hydrogens is 214 g/mol. The second-order valence-corrected chi connectivity index (χ2v) is 3.37. The maximum Gasteiger partial charge on any atom is 0.229 e. The molecule has 2 aromatic rings. The Balaban J connectivity index is 2.48. The number of hydrogen-bond acceptors (Lipinski definition) is 3. The highest BCUT2D eigenvalue weighted by atomic mass is 35.5. The van der Waals surface area contributed by atoms with Gasteiger partial charge in [-0.25, -0.2) is 0 Å². The molecule has 0 spiro atoms. The van der Waals surface area contributed by atoms with Gasteiger partial charge in [-0.15, -0.1) is 10.2 Å². The first kappa shape index (κ1) is 10.1. The molecule has 0 bridgehead atoms. The summed E-state index contributed by atoms with van der Waals surface area (Å²) in [6, 6.07) is 7.82. The van der Waals surface area contributed by atoms with E-state index in [9.17, 15) is 0 Å². The Morgan fingerprint density at radius 2 is 2.20 bits per heavy atom. The van der Waals surface area contributed by atoms with Gasteiger partial charge < -0.3 is 4.74 Å². The van der Waals surface area contributed by atoms with Crippen molar-refractivity contribution in [1.29, 1.82) is 0 Å². The number of aromatic nitrogens is 3. The third-order valence-electron chi connectivity index (χ3n) is 2.06. The van der Waals surface area contributed by atoms with Crippen molar-refractivity contribution in [3.05, 3.63) is 41.4 Å². The molecule has 0 saturated carbocycles. The molecule has 15 heavy (non-hydrogen) atoms. The minimum atomic E-state index is 0.346. The van der Waals surface area contributed by atoms with Crippen LogP contribution in [-0.2, 0) is 11.3 Å². The van der Waals surface area contributed by atoms with Gasteiger partial charge in [-0.1, -0.05) is 18.2 Å². The molecule has 0 aliphatic carbocycles. The van der Waals surface area contributed by atoms with E-state index >= 15 is 0 Å². The normalized spacial score (nSPS) is 10.5. The molecule has 0 aliphatic rings. The number of hydrogen-bond donors (Lipinski definition) is 0. The molecule has 0 aliphatic heterocycles. The van der Waals surface area contributed by atoms with Crippen molar-refractivity contribution in [2.24, 2.45) is 0 Å². The number of ether oxygens (including phenoxy) is 1. The van der Waals surface area contributed by atoms with Crippen LogP contribution in [0.3, 0.4) is 0 Å². The topological polar surface area (TPSA) is 39.9 Å². The third kappa shape index (κ3) is 2.00. The van der Waals surface area contributed by atoms with E-state index in [1.165, 1.54) is 0 Å². The number of nitrogens with zero attached hydrogens (tertiary/aromatic N) is 3. The molecular formula is C10H10ClN3O. The molecule has 1 heterocycles. The van der Waals surface area contributed by atoms with Crippen molar-refractivity contribution in [2.45, 2.75) is 6.61 Å². The fraction of sp³-hybridized carbons (Fsp3) is 0.200. The van der Waals surface area contributed by atoms with E-state index in [0.717, 1.165) is 11.3 Å². The zero-order chi connectivity index (χ0) is 10.7. The van der Waals surface area contributed by atoms with Gasteiger partial charge in [0.2, 0.25) is 5.28 Å². The van der Waals surface area contributed by atoms with Gasteiger partial charge >= 0.3 is 0 Å². The number of rotatable bonds is 3. The molecule has 0 atom stereocenters. The smallest absolute Gasteiger partial charge is 0.229 e. The van der Waals surface area contributed by atoms with Gasteiger partial charge in [0, 0.05) is 12.7 Å². The summed E-state index contributed by atoms with van der Waals surface area (Å²) in [4.78, 5) is 0. The summed E-state index contributed by atoms with van der Waals surface area (Å²) in [7, 11) is 1.66. The first-order valence-corrected chi connectivity index (χ1v) is 4.83. The first-order valence-electron chi connectivity index (χ1n) is 4.45. The predicted octanol–water partition coefficient (Wildman–Crippen LogP) is 2.07. The SMILES string of the molecule is COCc1ccccc1-n1cnnc1Cl. The van der Waals surface area contributed by atoms with E-state index in [1.807, 2.05) is 24.3 Å². The Morgan fingerprint density at radius 3 is 2.87 bits per heavy atom. The molecule has 0 saturated heterocycles. The van der Waals surface area contributed by atoms with Crippen molar-refractivity contribution in [2.75, 3.05) is 7.11 Å². The summed E-state index contributed by atoms with van der Waals surface area (Å²) in [5, 5.41) is 7.82. The monoisotopic (exact) mass is 223 g/mol. The summed E-state index contributed by atoms with van der Waals surface area (Å²) >= 11 is 5.89. The van der Waals surface area contributed by atoms with Crippen LogP contribution in [0.4, 0.5) is 0 Å². The number of benzene rings is 1. The summed E-state index contributed by atoms with van der Waals surface area (Å²) in [5.41, 5.74) is 1.98. The Morgan fingerprint density at radius 1 is 1.40 bits per heavy atom. The maximum absolute atomic E-state index is 5.89. The predicted molar refractivity (Wildman–Crippen MR) is 57.1 cm³/mol. The van der Waals surface area contributed by atoms with Gasteiger partial charge in [0.25, 0.3) is 0 Å². The highest BCUT2D eigenvalue weighted by molar-refractivity contribution is 6.28. The van der Waals surface area contributed by atoms with E-state index in [0.29, 0.717) is 11.9 Å². The molecule has 78 valence electrons. The summed E-state index contributed by atoms with van der Waals surface area (Å²) in [6.07, 6.45) is 1.58. The summed E-state index contributed by atoms with van der Waals surface area (Å²) in [5.74, 6) is 0. The van der Waals surface area contributed by atoms with Crippen LogP contribution in [0.25, 0.3) is 5.69 Å². The van der Waals surface area contributed by atoms with Crippen LogP contribution in [0.5, 0.6) is 0 Å². The molecule has 5 heteroatoms. The van der Waals surface area contributed by atoms with Gasteiger partial charge in [-0.3, -0.25) is 4.57 Å². The highest BCUT2D eigenvalue weighted by Crippen LogP contribution is 2.18. The molecule has 0 N–H and O–H groups in total. The quantitative estimate of drug-likeness (QED) is 0.800. The van der Waals surface area contributed by atoms with E-state index < -0.39 is 0 Å². The Kier molecular flexibility index (Phi) is 2.99. The molecule has 4 nitrogen and oxygen atoms in total. The molecule has 2 rings (SSSR count). The molecule has 0 fully saturated rings. The lowest BCUT2D eigenvalue weighted by Gasteiger charge is -2.08. The fourth-order valence-corrected chi connectivity index (χ4v) is 1.58. The fourth-order valence-electron chi connectivity index (χ4n) is 1.41. The molecule has 1 aromatic heterocycles. The summed E-state index contributed by atoms with van der Waals surface area (Å²) < 4.78 is 6.83. The van der Waals surface area contributed by atoms with Crippen molar-refractivity contribution in [3.8, 4) is 5.69 Å². The van der Waals surface area contributed by atoms with Gasteiger partial charge in [-0.05, 0) is 17.7 Å². The standard InChI is InChI=1S/C10H10ClN3O/c1-15-6-8-4-2-3-5-9(8)14-7-12-13-10(14)11/h2-5,7H,6H2,1H3. The van der Waals surface area contributed by atoms with Crippen LogP contribution >= 0.6 is 11.6 Å². The van der Waals surface area contributed by atoms with E-state index in [4.69, 9.17) is 16.3 Å². The number of halogens is 1. The highest BCUT2D eigenvalue weighted by Gasteiger charge is 2.07. The largest absolute Gasteiger partial charge is 0.380 e. The average molecular weight is 224 g/mol. The lowest BCUT2D eigenvalue weighted by molar-refractivity contribution is 0.185. The van der Waals surface area contributed by atoms with E-state index in [-0.39, 0.29) is 0 Å². The van der Waals surface area contributed by atoms with Crippen LogP contribution in [0.1, 0.15) is 5.56 Å². The molecule has 0 amide bonds. The lowest BCUT2D eigenvalue weighted by atomic mass is 10.2. The van der Waals surface area contributed by atoms with Crippen LogP contribution in [-0.4, -0.2) is 21.9 Å². The maximum atomic E-state index is 5.89. The van der Waals surface area contributed by atoms with Crippen molar-refractivity contribution < 1.29 is 4.74 Å². The minimum Gasteiger partial charge on any atom is -0.380 e. The Hall–Kier alpha value is -1.39. The number of methoxy groups -OCH3 is 1. The zero-order valence-corrected chi connectivity index (χ0v) is 8.98. The van der Waals surface area contributed by atoms with E-state index in [2.05, 4.69) is 10.2 Å². The van der Waals surface area contributed by atoms with Crippen molar-refractivity contribution in [1.82, 2.24) is 14.8 Å². The van der Waals surface area contributed by atoms with E-state index in [1.54, 1.807) is 18.0 Å². The Bertz CT molecular complexity index is 455. The van der Waals surface area contributed by atoms with Crippen LogP contribution < -0.4 is 0 Å². The average Bonchev–Trinajstić information content (AvgIpc) is 2.66. The second kappa shape index (κ2) is 4.42. The van der Waals surface area contributed by atoms with Crippen LogP contribution in [0.2, 0.25) is 5.28 Å². The first-order chi connectivity index (χ1) is 7.33. The minimum absolute atomic E-state index is 0.346. The van der Waals surface area contributed by atoms with Gasteiger partial charge in [0.05, 0.1) is 12.3 Å². The van der Waals surface area contributed by atoms with Crippen LogP contribution in [0.15, 0.2) is 30.6 Å². The number of para-hydroxylation sites is 1. The third-order valence-corrected chi connectivity index (χ3v) is 2.31. The molecule has 0 unspecified atom stereocenters. The van der Waals surface area contributed by atoms with Crippen LogP contribution in [0, 0.1) is 0 Å². The molecule has 0 radical (unpaired) electrons. The van der Waals surface area contributed by atoms with Crippen molar-refractivity contribution >= 4 is 11.6 Å². The zero-order valence-electron chi connectivity index (χ0n) is 8.22. The second-order valence-electron chi connectivity index (χ2n) is 3.03.